The molecular formula is C15H18N2O2. The highest BCUT2D eigenvalue weighted by molar-refractivity contribution is 6.07. The Morgan fingerprint density at radius 2 is 2.05 bits per heavy atom. The number of aryl methyl sites for hydroxylation is 3. The van der Waals surface area contributed by atoms with Crippen LogP contribution in [0.15, 0.2) is 28.8 Å². The van der Waals surface area contributed by atoms with E-state index in [9.17, 15) is 4.79 Å². The van der Waals surface area contributed by atoms with Crippen molar-refractivity contribution >= 4 is 11.6 Å². The lowest BCUT2D eigenvalue weighted by Crippen LogP contribution is -2.31. The quantitative estimate of drug-likeness (QED) is 0.848. The van der Waals surface area contributed by atoms with E-state index < -0.39 is 0 Å². The first-order chi connectivity index (χ1) is 9.04. The number of rotatable bonds is 3. The summed E-state index contributed by atoms with van der Waals surface area (Å²) in [6.07, 6.45) is 0. The van der Waals surface area contributed by atoms with Crippen LogP contribution in [0.1, 0.15) is 34.3 Å². The minimum atomic E-state index is -0.0654. The summed E-state index contributed by atoms with van der Waals surface area (Å²) >= 11 is 0. The molecule has 1 heterocycles. The summed E-state index contributed by atoms with van der Waals surface area (Å²) in [5.41, 5.74) is 3.21. The Labute approximate surface area is 113 Å². The van der Waals surface area contributed by atoms with Gasteiger partial charge in [0.05, 0.1) is 5.69 Å². The van der Waals surface area contributed by atoms with Crippen molar-refractivity contribution in [1.29, 1.82) is 0 Å². The second kappa shape index (κ2) is 5.26. The van der Waals surface area contributed by atoms with Gasteiger partial charge in [-0.15, -0.1) is 0 Å². The molecule has 0 saturated carbocycles. The zero-order chi connectivity index (χ0) is 14.0. The average molecular weight is 258 g/mol. The molecule has 0 atom stereocenters. The standard InChI is InChI=1S/C15H18N2O2/c1-5-17(13-8-6-7-10(2)9-13)15(18)14-11(3)16-19-12(14)4/h6-9H,5H2,1-4H3. The minimum absolute atomic E-state index is 0.0654. The monoisotopic (exact) mass is 258 g/mol. The molecule has 0 fully saturated rings. The third kappa shape index (κ3) is 2.52. The van der Waals surface area contributed by atoms with E-state index in [0.717, 1.165) is 11.3 Å². The van der Waals surface area contributed by atoms with Crippen molar-refractivity contribution in [2.24, 2.45) is 0 Å². The number of carbonyl (C=O) groups is 1. The molecule has 0 radical (unpaired) electrons. The highest BCUT2D eigenvalue weighted by atomic mass is 16.5. The average Bonchev–Trinajstić information content (AvgIpc) is 2.70. The largest absolute Gasteiger partial charge is 0.361 e. The molecule has 1 aromatic heterocycles. The Morgan fingerprint density at radius 3 is 2.58 bits per heavy atom. The Hall–Kier alpha value is -2.10. The summed E-state index contributed by atoms with van der Waals surface area (Å²) in [5, 5.41) is 3.84. The van der Waals surface area contributed by atoms with Crippen molar-refractivity contribution in [3.05, 3.63) is 46.8 Å². The second-order valence-electron chi connectivity index (χ2n) is 4.59. The van der Waals surface area contributed by atoms with Gasteiger partial charge < -0.3 is 9.42 Å². The van der Waals surface area contributed by atoms with Gasteiger partial charge in [-0.3, -0.25) is 4.79 Å². The van der Waals surface area contributed by atoms with Gasteiger partial charge in [-0.05, 0) is 45.4 Å². The van der Waals surface area contributed by atoms with Crippen LogP contribution in [0.2, 0.25) is 0 Å². The lowest BCUT2D eigenvalue weighted by Gasteiger charge is -2.21. The maximum Gasteiger partial charge on any atom is 0.263 e. The van der Waals surface area contributed by atoms with E-state index in [0.29, 0.717) is 23.6 Å². The fourth-order valence-electron chi connectivity index (χ4n) is 2.16. The van der Waals surface area contributed by atoms with Crippen LogP contribution in [0.25, 0.3) is 0 Å². The van der Waals surface area contributed by atoms with Gasteiger partial charge in [-0.25, -0.2) is 0 Å². The Balaban J connectivity index is 2.40. The lowest BCUT2D eigenvalue weighted by atomic mass is 10.1. The molecule has 0 N–H and O–H groups in total. The van der Waals surface area contributed by atoms with Crippen molar-refractivity contribution in [3.8, 4) is 0 Å². The summed E-state index contributed by atoms with van der Waals surface area (Å²) in [7, 11) is 0. The number of benzene rings is 1. The first-order valence-corrected chi connectivity index (χ1v) is 6.36. The predicted molar refractivity (Wildman–Crippen MR) is 74.5 cm³/mol. The molecule has 100 valence electrons. The van der Waals surface area contributed by atoms with Crippen molar-refractivity contribution < 1.29 is 9.32 Å². The van der Waals surface area contributed by atoms with E-state index in [4.69, 9.17) is 4.52 Å². The number of amides is 1. The first-order valence-electron chi connectivity index (χ1n) is 6.36. The SMILES string of the molecule is CCN(C(=O)c1c(C)noc1C)c1cccc(C)c1. The molecule has 1 aromatic carbocycles. The van der Waals surface area contributed by atoms with E-state index in [1.165, 1.54) is 0 Å². The molecule has 4 nitrogen and oxygen atoms in total. The van der Waals surface area contributed by atoms with Gasteiger partial charge >= 0.3 is 0 Å². The molecular weight excluding hydrogens is 240 g/mol. The summed E-state index contributed by atoms with van der Waals surface area (Å²) in [6, 6.07) is 7.90. The second-order valence-corrected chi connectivity index (χ2v) is 4.59. The molecule has 0 saturated heterocycles. The van der Waals surface area contributed by atoms with E-state index in [-0.39, 0.29) is 5.91 Å². The number of nitrogens with zero attached hydrogens (tertiary/aromatic N) is 2. The normalized spacial score (nSPS) is 10.5. The smallest absolute Gasteiger partial charge is 0.263 e. The summed E-state index contributed by atoms with van der Waals surface area (Å²) in [5.74, 6) is 0.498. The molecule has 0 aliphatic rings. The van der Waals surface area contributed by atoms with Gasteiger partial charge in [0, 0.05) is 12.2 Å². The van der Waals surface area contributed by atoms with Crippen molar-refractivity contribution in [2.75, 3.05) is 11.4 Å². The number of anilines is 1. The van der Waals surface area contributed by atoms with Gasteiger partial charge in [-0.1, -0.05) is 17.3 Å². The molecule has 0 unspecified atom stereocenters. The maximum atomic E-state index is 12.6. The van der Waals surface area contributed by atoms with Gasteiger partial charge in [-0.2, -0.15) is 0 Å². The topological polar surface area (TPSA) is 46.3 Å². The fraction of sp³-hybridized carbons (Fsp3) is 0.333. The summed E-state index contributed by atoms with van der Waals surface area (Å²) in [6.45, 7) is 8.12. The van der Waals surface area contributed by atoms with Crippen molar-refractivity contribution in [2.45, 2.75) is 27.7 Å². The Morgan fingerprint density at radius 1 is 1.32 bits per heavy atom. The number of carbonyl (C=O) groups excluding carboxylic acids is 1. The van der Waals surface area contributed by atoms with E-state index >= 15 is 0 Å². The van der Waals surface area contributed by atoms with Gasteiger partial charge in [0.1, 0.15) is 11.3 Å². The molecule has 1 amide bonds. The zero-order valence-corrected chi connectivity index (χ0v) is 11.7. The van der Waals surface area contributed by atoms with Crippen LogP contribution in [0.3, 0.4) is 0 Å². The molecule has 19 heavy (non-hydrogen) atoms. The van der Waals surface area contributed by atoms with Crippen LogP contribution >= 0.6 is 0 Å². The highest BCUT2D eigenvalue weighted by Crippen LogP contribution is 2.21. The van der Waals surface area contributed by atoms with Crippen LogP contribution in [0.4, 0.5) is 5.69 Å². The molecule has 0 aliphatic heterocycles. The van der Waals surface area contributed by atoms with Crippen LogP contribution in [0.5, 0.6) is 0 Å². The molecule has 4 heteroatoms. The third-order valence-corrected chi connectivity index (χ3v) is 3.12. The van der Waals surface area contributed by atoms with Gasteiger partial charge in [0.2, 0.25) is 0 Å². The third-order valence-electron chi connectivity index (χ3n) is 3.12. The Bertz CT molecular complexity index is 582. The first kappa shape index (κ1) is 13.3. The lowest BCUT2D eigenvalue weighted by molar-refractivity contribution is 0.0986. The predicted octanol–water partition coefficient (Wildman–Crippen LogP) is 3.27. The van der Waals surface area contributed by atoms with Crippen LogP contribution in [0, 0.1) is 20.8 Å². The van der Waals surface area contributed by atoms with E-state index in [1.54, 1.807) is 18.7 Å². The van der Waals surface area contributed by atoms with E-state index in [1.807, 2.05) is 38.1 Å². The number of hydrogen-bond donors (Lipinski definition) is 0. The van der Waals surface area contributed by atoms with E-state index in [2.05, 4.69) is 5.16 Å². The van der Waals surface area contributed by atoms with Crippen molar-refractivity contribution in [3.63, 3.8) is 0 Å². The van der Waals surface area contributed by atoms with Crippen LogP contribution < -0.4 is 4.90 Å². The maximum absolute atomic E-state index is 12.6. The van der Waals surface area contributed by atoms with Gasteiger partial charge in [0.15, 0.2) is 0 Å². The minimum Gasteiger partial charge on any atom is -0.361 e. The summed E-state index contributed by atoms with van der Waals surface area (Å²) in [4.78, 5) is 14.4. The molecule has 0 aliphatic carbocycles. The highest BCUT2D eigenvalue weighted by Gasteiger charge is 2.23. The van der Waals surface area contributed by atoms with Crippen LogP contribution in [-0.2, 0) is 0 Å². The van der Waals surface area contributed by atoms with Crippen molar-refractivity contribution in [1.82, 2.24) is 5.16 Å². The Kier molecular flexibility index (Phi) is 3.69. The zero-order valence-electron chi connectivity index (χ0n) is 11.7. The molecule has 0 bridgehead atoms. The van der Waals surface area contributed by atoms with Gasteiger partial charge in [0.25, 0.3) is 5.91 Å². The summed E-state index contributed by atoms with van der Waals surface area (Å²) < 4.78 is 5.07. The van der Waals surface area contributed by atoms with Crippen LogP contribution in [-0.4, -0.2) is 17.6 Å². The number of hydrogen-bond acceptors (Lipinski definition) is 3. The molecule has 2 aromatic rings. The molecule has 2 rings (SSSR count). The number of aromatic nitrogens is 1. The fourth-order valence-corrected chi connectivity index (χ4v) is 2.16. The molecule has 0 spiro atoms.